The third-order valence-electron chi connectivity index (χ3n) is 2.88. The molecule has 5 N–H and O–H groups in total. The Morgan fingerprint density at radius 2 is 2.19 bits per heavy atom. The molecule has 1 aliphatic heterocycles. The zero-order chi connectivity index (χ0) is 15.4. The smallest absolute Gasteiger partial charge is 0.247 e. The largest absolute Gasteiger partial charge is 0.508 e. The van der Waals surface area contributed by atoms with Gasteiger partial charge in [0.2, 0.25) is 11.8 Å². The Balaban J connectivity index is 1.90. The number of hydrogen-bond donors (Lipinski definition) is 5. The molecule has 8 nitrogen and oxygen atoms in total. The van der Waals surface area contributed by atoms with Crippen molar-refractivity contribution >= 4 is 18.0 Å². The zero-order valence-corrected chi connectivity index (χ0v) is 11.0. The Hall–Kier alpha value is -3.03. The summed E-state index contributed by atoms with van der Waals surface area (Å²) in [6.45, 7) is 3.62. The third kappa shape index (κ3) is 3.50. The summed E-state index contributed by atoms with van der Waals surface area (Å²) in [6.07, 6.45) is 1.14. The highest BCUT2D eigenvalue weighted by molar-refractivity contribution is 5.90. The molecule has 1 aromatic carbocycles. The van der Waals surface area contributed by atoms with Crippen molar-refractivity contribution < 1.29 is 19.8 Å². The van der Waals surface area contributed by atoms with E-state index in [2.05, 4.69) is 28.0 Å². The quantitative estimate of drug-likeness (QED) is 0.385. The Morgan fingerprint density at radius 3 is 2.81 bits per heavy atom. The predicted octanol–water partition coefficient (Wildman–Crippen LogP) is -0.298. The molecular formula is C13H14N4O4. The molecule has 1 unspecified atom stereocenters. The molecule has 1 atom stereocenters. The van der Waals surface area contributed by atoms with Crippen molar-refractivity contribution in [2.45, 2.75) is 6.42 Å². The van der Waals surface area contributed by atoms with Crippen LogP contribution in [-0.2, 0) is 9.59 Å². The SMILES string of the molecule is C=C1NNC(=O)C1CC(=O)N/N=C/c1ccc(O)cc1O. The van der Waals surface area contributed by atoms with Gasteiger partial charge in [0, 0.05) is 23.7 Å². The molecule has 1 heterocycles. The first-order valence-electron chi connectivity index (χ1n) is 6.06. The molecule has 2 rings (SSSR count). The van der Waals surface area contributed by atoms with Gasteiger partial charge in [0.25, 0.3) is 0 Å². The summed E-state index contributed by atoms with van der Waals surface area (Å²) in [5, 5.41) is 22.3. The molecule has 1 saturated heterocycles. The molecule has 8 heteroatoms. The van der Waals surface area contributed by atoms with Crippen molar-refractivity contribution in [1.82, 2.24) is 16.3 Å². The minimum Gasteiger partial charge on any atom is -0.508 e. The van der Waals surface area contributed by atoms with Crippen LogP contribution in [0.2, 0.25) is 0 Å². The molecule has 0 saturated carbocycles. The Morgan fingerprint density at radius 1 is 1.43 bits per heavy atom. The van der Waals surface area contributed by atoms with Crippen LogP contribution in [0.4, 0.5) is 0 Å². The number of nitrogens with one attached hydrogen (secondary N) is 3. The highest BCUT2D eigenvalue weighted by Crippen LogP contribution is 2.20. The minimum absolute atomic E-state index is 0.0769. The van der Waals surface area contributed by atoms with E-state index in [1.807, 2.05) is 0 Å². The van der Waals surface area contributed by atoms with Gasteiger partial charge in [-0.15, -0.1) is 0 Å². The summed E-state index contributed by atoms with van der Waals surface area (Å²) in [5.74, 6) is -1.67. The summed E-state index contributed by atoms with van der Waals surface area (Å²) in [4.78, 5) is 23.0. The molecule has 2 amide bonds. The molecule has 21 heavy (non-hydrogen) atoms. The molecule has 0 radical (unpaired) electrons. The van der Waals surface area contributed by atoms with Crippen molar-refractivity contribution in [1.29, 1.82) is 0 Å². The maximum Gasteiger partial charge on any atom is 0.247 e. The topological polar surface area (TPSA) is 123 Å². The second-order valence-electron chi connectivity index (χ2n) is 4.43. The van der Waals surface area contributed by atoms with Crippen LogP contribution in [0.25, 0.3) is 0 Å². The number of phenols is 2. The van der Waals surface area contributed by atoms with Crippen molar-refractivity contribution in [3.63, 3.8) is 0 Å². The van der Waals surface area contributed by atoms with Crippen molar-refractivity contribution in [2.75, 3.05) is 0 Å². The van der Waals surface area contributed by atoms with E-state index in [9.17, 15) is 14.7 Å². The number of benzene rings is 1. The molecule has 0 aliphatic carbocycles. The van der Waals surface area contributed by atoms with Crippen LogP contribution in [0, 0.1) is 5.92 Å². The van der Waals surface area contributed by atoms with Crippen LogP contribution >= 0.6 is 0 Å². The fraction of sp³-hybridized carbons (Fsp3) is 0.154. The first-order chi connectivity index (χ1) is 9.97. The van der Waals surface area contributed by atoms with Gasteiger partial charge in [0.15, 0.2) is 0 Å². The molecule has 110 valence electrons. The number of phenolic OH excluding ortho intramolecular Hbond substituents is 2. The number of carbonyl (C=O) groups excluding carboxylic acids is 2. The van der Waals surface area contributed by atoms with Crippen LogP contribution in [0.5, 0.6) is 11.5 Å². The van der Waals surface area contributed by atoms with Crippen LogP contribution in [0.3, 0.4) is 0 Å². The first kappa shape index (κ1) is 14.4. The summed E-state index contributed by atoms with van der Waals surface area (Å²) >= 11 is 0. The van der Waals surface area contributed by atoms with Crippen molar-refractivity contribution in [2.24, 2.45) is 11.0 Å². The Labute approximate surface area is 120 Å². The van der Waals surface area contributed by atoms with Crippen LogP contribution in [-0.4, -0.2) is 28.2 Å². The fourth-order valence-electron chi connectivity index (χ4n) is 1.74. The summed E-state index contributed by atoms with van der Waals surface area (Å²) in [7, 11) is 0. The van der Waals surface area contributed by atoms with Gasteiger partial charge >= 0.3 is 0 Å². The lowest BCUT2D eigenvalue weighted by Gasteiger charge is -2.05. The second kappa shape index (κ2) is 5.95. The van der Waals surface area contributed by atoms with Gasteiger partial charge < -0.3 is 15.6 Å². The van der Waals surface area contributed by atoms with E-state index in [4.69, 9.17) is 5.11 Å². The van der Waals surface area contributed by atoms with Crippen molar-refractivity contribution in [3.05, 3.63) is 36.0 Å². The summed E-state index contributed by atoms with van der Waals surface area (Å²) < 4.78 is 0. The van der Waals surface area contributed by atoms with Gasteiger partial charge in [-0.2, -0.15) is 5.10 Å². The first-order valence-corrected chi connectivity index (χ1v) is 6.06. The van der Waals surface area contributed by atoms with E-state index < -0.39 is 11.8 Å². The summed E-state index contributed by atoms with van der Waals surface area (Å²) in [5.41, 5.74) is 7.91. The van der Waals surface area contributed by atoms with Gasteiger partial charge in [-0.3, -0.25) is 15.0 Å². The van der Waals surface area contributed by atoms with Crippen LogP contribution in [0.1, 0.15) is 12.0 Å². The minimum atomic E-state index is -0.637. The van der Waals surface area contributed by atoms with E-state index in [1.165, 1.54) is 18.3 Å². The number of hydrazone groups is 1. The number of nitrogens with zero attached hydrogens (tertiary/aromatic N) is 1. The van der Waals surface area contributed by atoms with Gasteiger partial charge in [-0.05, 0) is 12.1 Å². The number of hydrogen-bond acceptors (Lipinski definition) is 6. The lowest BCUT2D eigenvalue weighted by Crippen LogP contribution is -2.27. The normalized spacial score (nSPS) is 17.6. The molecule has 0 spiro atoms. The average molecular weight is 290 g/mol. The Kier molecular flexibility index (Phi) is 4.07. The molecule has 0 bridgehead atoms. The van der Waals surface area contributed by atoms with Gasteiger partial charge in [0.1, 0.15) is 11.5 Å². The fourth-order valence-corrected chi connectivity index (χ4v) is 1.74. The highest BCUT2D eigenvalue weighted by Gasteiger charge is 2.29. The zero-order valence-electron chi connectivity index (χ0n) is 11.0. The number of carbonyl (C=O) groups is 2. The Bertz CT molecular complexity index is 611. The van der Waals surface area contributed by atoms with Crippen molar-refractivity contribution in [3.8, 4) is 11.5 Å². The van der Waals surface area contributed by atoms with E-state index in [0.717, 1.165) is 6.07 Å². The lowest BCUT2D eigenvalue weighted by molar-refractivity contribution is -0.127. The number of aromatic hydroxyl groups is 2. The highest BCUT2D eigenvalue weighted by atomic mass is 16.3. The monoisotopic (exact) mass is 290 g/mol. The average Bonchev–Trinajstić information content (AvgIpc) is 2.73. The maximum absolute atomic E-state index is 11.6. The van der Waals surface area contributed by atoms with E-state index >= 15 is 0 Å². The number of rotatable bonds is 4. The lowest BCUT2D eigenvalue weighted by atomic mass is 10.0. The van der Waals surface area contributed by atoms with Crippen LogP contribution in [0.15, 0.2) is 35.6 Å². The molecule has 1 aliphatic rings. The van der Waals surface area contributed by atoms with Gasteiger partial charge in [-0.1, -0.05) is 6.58 Å². The van der Waals surface area contributed by atoms with E-state index in [-0.39, 0.29) is 23.8 Å². The van der Waals surface area contributed by atoms with E-state index in [0.29, 0.717) is 11.3 Å². The molecule has 0 aromatic heterocycles. The maximum atomic E-state index is 11.6. The van der Waals surface area contributed by atoms with E-state index in [1.54, 1.807) is 0 Å². The standard InChI is InChI=1S/C13H14N4O4/c1-7-10(13(21)17-15-7)5-12(20)16-14-6-8-2-3-9(18)4-11(8)19/h2-4,6,10,15,18-19H,1,5H2,(H,16,20)(H,17,21)/b14-6+. The summed E-state index contributed by atoms with van der Waals surface area (Å²) in [6, 6.07) is 3.97. The number of hydrazine groups is 1. The van der Waals surface area contributed by atoms with Gasteiger partial charge in [0.05, 0.1) is 12.1 Å². The van der Waals surface area contributed by atoms with Gasteiger partial charge in [-0.25, -0.2) is 5.43 Å². The molecule has 1 aromatic rings. The van der Waals surface area contributed by atoms with Crippen LogP contribution < -0.4 is 16.3 Å². The predicted molar refractivity (Wildman–Crippen MR) is 74.0 cm³/mol. The second-order valence-corrected chi connectivity index (χ2v) is 4.43. The molecular weight excluding hydrogens is 276 g/mol. The third-order valence-corrected chi connectivity index (χ3v) is 2.88. The molecule has 1 fully saturated rings. The number of amides is 2.